The van der Waals surface area contributed by atoms with Crippen LogP contribution in [0.3, 0.4) is 0 Å². The molecule has 2 aromatic rings. The molecule has 4 N–H and O–H groups in total. The van der Waals surface area contributed by atoms with Crippen LogP contribution in [-0.4, -0.2) is 46.2 Å². The van der Waals surface area contributed by atoms with Gasteiger partial charge >= 0.3 is 6.18 Å². The van der Waals surface area contributed by atoms with E-state index in [1.807, 2.05) is 0 Å². The molecule has 1 amide bonds. The molecule has 182 valence electrons. The third kappa shape index (κ3) is 6.14. The zero-order valence-electron chi connectivity index (χ0n) is 17.1. The van der Waals surface area contributed by atoms with Crippen molar-refractivity contribution in [3.63, 3.8) is 0 Å². The van der Waals surface area contributed by atoms with Crippen LogP contribution in [0.15, 0.2) is 52.3 Å². The highest BCUT2D eigenvalue weighted by Crippen LogP contribution is 2.33. The van der Waals surface area contributed by atoms with Crippen molar-refractivity contribution < 1.29 is 39.9 Å². The average Bonchev–Trinajstić information content (AvgIpc) is 2.68. The summed E-state index contributed by atoms with van der Waals surface area (Å²) < 4.78 is 91.9. The number of nitrogens with one attached hydrogen (secondary N) is 3. The number of benzene rings is 2. The molecule has 2 aromatic carbocycles. The first-order valence-electron chi connectivity index (χ1n) is 9.04. The molecule has 0 aliphatic rings. The Morgan fingerprint density at radius 3 is 2.03 bits per heavy atom. The van der Waals surface area contributed by atoms with Gasteiger partial charge in [0, 0.05) is 12.2 Å². The van der Waals surface area contributed by atoms with Crippen LogP contribution in [0.1, 0.15) is 13.8 Å². The summed E-state index contributed by atoms with van der Waals surface area (Å²) in [5.74, 6) is -1.81. The highest BCUT2D eigenvalue weighted by molar-refractivity contribution is 7.92. The number of hydrogen-bond donors (Lipinski definition) is 4. The predicted molar refractivity (Wildman–Crippen MR) is 115 cm³/mol. The van der Waals surface area contributed by atoms with Gasteiger partial charge in [0.05, 0.1) is 20.5 Å². The molecule has 0 heterocycles. The number of carbonyl (C=O) groups excluding carboxylic acids is 1. The van der Waals surface area contributed by atoms with E-state index in [1.54, 1.807) is 12.2 Å². The lowest BCUT2D eigenvalue weighted by Crippen LogP contribution is -2.52. The Hall–Kier alpha value is -2.39. The van der Waals surface area contributed by atoms with Gasteiger partial charge in [0.25, 0.3) is 15.9 Å². The fourth-order valence-electron chi connectivity index (χ4n) is 2.33. The molecule has 0 spiro atoms. The maximum Gasteiger partial charge on any atom is 0.426 e. The average molecular weight is 530 g/mol. The third-order valence-corrected chi connectivity index (χ3v) is 7.50. The van der Waals surface area contributed by atoms with Gasteiger partial charge in [-0.05, 0) is 49.4 Å². The summed E-state index contributed by atoms with van der Waals surface area (Å²) in [5, 5.41) is 10.8. The van der Waals surface area contributed by atoms with Gasteiger partial charge in [-0.2, -0.15) is 13.2 Å². The van der Waals surface area contributed by atoms with Crippen molar-refractivity contribution in [1.82, 2.24) is 4.72 Å². The molecule has 0 bridgehead atoms. The van der Waals surface area contributed by atoms with E-state index in [0.29, 0.717) is 0 Å². The molecule has 15 heteroatoms. The highest BCUT2D eigenvalue weighted by atomic mass is 35.5. The molecule has 1 unspecified atom stereocenters. The van der Waals surface area contributed by atoms with Crippen LogP contribution in [0.2, 0.25) is 5.02 Å². The number of carbonyl (C=O) groups is 1. The van der Waals surface area contributed by atoms with Crippen molar-refractivity contribution in [3.8, 4) is 0 Å². The van der Waals surface area contributed by atoms with Gasteiger partial charge in [-0.25, -0.2) is 21.6 Å². The largest absolute Gasteiger partial charge is 0.426 e. The van der Waals surface area contributed by atoms with Crippen LogP contribution in [-0.2, 0) is 24.8 Å². The Morgan fingerprint density at radius 2 is 1.55 bits per heavy atom. The van der Waals surface area contributed by atoms with Crippen LogP contribution in [0.4, 0.5) is 24.5 Å². The smallest absolute Gasteiger partial charge is 0.373 e. The lowest BCUT2D eigenvalue weighted by molar-refractivity contribution is -0.242. The maximum absolute atomic E-state index is 12.8. The van der Waals surface area contributed by atoms with Crippen LogP contribution in [0.25, 0.3) is 0 Å². The Kier molecular flexibility index (Phi) is 7.70. The van der Waals surface area contributed by atoms with Crippen molar-refractivity contribution in [1.29, 1.82) is 0 Å². The second-order valence-electron chi connectivity index (χ2n) is 6.80. The van der Waals surface area contributed by atoms with E-state index in [0.717, 1.165) is 18.2 Å². The normalized spacial score (nSPS) is 14.4. The van der Waals surface area contributed by atoms with Gasteiger partial charge in [-0.1, -0.05) is 18.5 Å². The number of hydrogen-bond acceptors (Lipinski definition) is 6. The predicted octanol–water partition coefficient (Wildman–Crippen LogP) is 2.69. The van der Waals surface area contributed by atoms with Crippen LogP contribution >= 0.6 is 11.6 Å². The topological polar surface area (TPSA) is 142 Å². The zero-order chi connectivity index (χ0) is 25.2. The maximum atomic E-state index is 12.8. The molecule has 0 aromatic heterocycles. The number of rotatable bonds is 8. The molecule has 2 rings (SSSR count). The van der Waals surface area contributed by atoms with E-state index in [1.165, 1.54) is 24.3 Å². The minimum Gasteiger partial charge on any atom is -0.373 e. The summed E-state index contributed by atoms with van der Waals surface area (Å²) in [4.78, 5) is 11.3. The molecule has 0 radical (unpaired) electrons. The number of amides is 1. The first-order valence-corrected chi connectivity index (χ1v) is 12.4. The molecule has 0 aliphatic carbocycles. The summed E-state index contributed by atoms with van der Waals surface area (Å²) >= 11 is 5.90. The first-order chi connectivity index (χ1) is 15.0. The Balaban J connectivity index is 2.22. The van der Waals surface area contributed by atoms with Crippen molar-refractivity contribution in [2.45, 2.75) is 35.4 Å². The first kappa shape index (κ1) is 26.9. The van der Waals surface area contributed by atoms with Crippen LogP contribution < -0.4 is 14.8 Å². The molecule has 0 fully saturated rings. The third-order valence-electron chi connectivity index (χ3n) is 4.24. The van der Waals surface area contributed by atoms with Gasteiger partial charge in [-0.15, -0.1) is 0 Å². The summed E-state index contributed by atoms with van der Waals surface area (Å²) in [6.07, 6.45) is -5.25. The Bertz CT molecular complexity index is 1250. The second kappa shape index (κ2) is 9.46. The molecule has 0 saturated heterocycles. The monoisotopic (exact) mass is 529 g/mol. The minimum absolute atomic E-state index is 0.0279. The van der Waals surface area contributed by atoms with Gasteiger partial charge in [0.2, 0.25) is 15.6 Å². The molecule has 9 nitrogen and oxygen atoms in total. The van der Waals surface area contributed by atoms with Crippen molar-refractivity contribution >= 4 is 48.9 Å². The Morgan fingerprint density at radius 1 is 1.00 bits per heavy atom. The van der Waals surface area contributed by atoms with Crippen molar-refractivity contribution in [2.75, 3.05) is 16.6 Å². The summed E-state index contributed by atoms with van der Waals surface area (Å²) in [6, 6.07) is 7.62. The number of anilines is 2. The van der Waals surface area contributed by atoms with E-state index >= 15 is 0 Å². The minimum atomic E-state index is -5.25. The van der Waals surface area contributed by atoms with E-state index in [9.17, 15) is 39.9 Å². The fraction of sp³-hybridized carbons (Fsp3) is 0.278. The number of halogens is 4. The second-order valence-corrected chi connectivity index (χ2v) is 10.7. The summed E-state index contributed by atoms with van der Waals surface area (Å²) in [5.41, 5.74) is -4.03. The lowest BCUT2D eigenvalue weighted by Gasteiger charge is -2.25. The molecule has 0 aliphatic heterocycles. The number of aliphatic hydroxyl groups is 1. The quantitative estimate of drug-likeness (QED) is 0.414. The summed E-state index contributed by atoms with van der Waals surface area (Å²) in [6.45, 7) is 2.02. The zero-order valence-corrected chi connectivity index (χ0v) is 19.5. The van der Waals surface area contributed by atoms with E-state index in [2.05, 4.69) is 9.44 Å². The molecule has 0 saturated carbocycles. The Labute approximate surface area is 193 Å². The lowest BCUT2D eigenvalue weighted by atomic mass is 10.1. The van der Waals surface area contributed by atoms with E-state index in [-0.39, 0.29) is 29.7 Å². The van der Waals surface area contributed by atoms with E-state index in [4.69, 9.17) is 11.6 Å². The molecular weight excluding hydrogens is 511 g/mol. The SMILES string of the molecule is CCNS(=O)(=O)c1ccc(NS(=O)(=O)c2ccc(NC(=O)C(C)(O)C(F)(F)F)c(Cl)c2)cc1. The van der Waals surface area contributed by atoms with Crippen molar-refractivity contribution in [3.05, 3.63) is 47.5 Å². The van der Waals surface area contributed by atoms with Gasteiger partial charge in [0.15, 0.2) is 0 Å². The number of alkyl halides is 3. The standard InChI is InChI=1S/C18H19ClF3N3O6S2/c1-3-23-32(28,29)12-6-4-11(5-7-12)25-33(30,31)13-8-9-15(14(19)10-13)24-16(26)17(2,27)18(20,21)22/h4-10,23,25,27H,3H2,1-2H3,(H,24,26). The van der Waals surface area contributed by atoms with Crippen LogP contribution in [0.5, 0.6) is 0 Å². The number of sulfonamides is 2. The van der Waals surface area contributed by atoms with Crippen LogP contribution in [0, 0.1) is 0 Å². The molecular formula is C18H19ClF3N3O6S2. The summed E-state index contributed by atoms with van der Waals surface area (Å²) in [7, 11) is -7.96. The fourth-order valence-corrected chi connectivity index (χ4v) is 4.74. The van der Waals surface area contributed by atoms with Gasteiger partial charge in [0.1, 0.15) is 0 Å². The van der Waals surface area contributed by atoms with E-state index < -0.39 is 47.6 Å². The van der Waals surface area contributed by atoms with Gasteiger partial charge < -0.3 is 10.4 Å². The highest BCUT2D eigenvalue weighted by Gasteiger charge is 2.55. The van der Waals surface area contributed by atoms with Gasteiger partial charge in [-0.3, -0.25) is 9.52 Å². The van der Waals surface area contributed by atoms with Crippen molar-refractivity contribution in [2.24, 2.45) is 0 Å². The molecule has 33 heavy (non-hydrogen) atoms. The molecule has 1 atom stereocenters.